The topological polar surface area (TPSA) is 75.3 Å². The Balaban J connectivity index is 2.78. The Morgan fingerprint density at radius 1 is 1.23 bits per heavy atom. The molecule has 1 aliphatic heterocycles. The van der Waals surface area contributed by atoms with E-state index in [0.29, 0.717) is 0 Å². The van der Waals surface area contributed by atoms with Crippen molar-refractivity contribution in [3.63, 3.8) is 0 Å². The molecular weight excluding hydrogens is 172 g/mol. The minimum absolute atomic E-state index is 0.0481. The van der Waals surface area contributed by atoms with Crippen molar-refractivity contribution in [2.24, 2.45) is 11.8 Å². The van der Waals surface area contributed by atoms with Gasteiger partial charge in [0.1, 0.15) is 5.92 Å². The molecule has 0 saturated carbocycles. The molecule has 0 bridgehead atoms. The highest BCUT2D eigenvalue weighted by atomic mass is 16.2. The van der Waals surface area contributed by atoms with E-state index in [1.165, 1.54) is 0 Å². The molecule has 1 heterocycles. The molecule has 0 unspecified atom stereocenters. The number of rotatable bonds is 2. The van der Waals surface area contributed by atoms with Crippen molar-refractivity contribution < 1.29 is 14.4 Å². The summed E-state index contributed by atoms with van der Waals surface area (Å²) >= 11 is 0. The van der Waals surface area contributed by atoms with Gasteiger partial charge in [0.05, 0.1) is 0 Å². The van der Waals surface area contributed by atoms with Gasteiger partial charge in [-0.15, -0.1) is 0 Å². The van der Waals surface area contributed by atoms with Crippen LogP contribution in [0.5, 0.6) is 0 Å². The first-order valence-electron chi connectivity index (χ1n) is 4.22. The predicted molar refractivity (Wildman–Crippen MR) is 44.6 cm³/mol. The van der Waals surface area contributed by atoms with Crippen LogP contribution in [0.25, 0.3) is 0 Å². The van der Waals surface area contributed by atoms with Crippen LogP contribution in [-0.2, 0) is 9.59 Å². The fraction of sp³-hybridized carbons (Fsp3) is 0.625. The fourth-order valence-corrected chi connectivity index (χ4v) is 1.28. The summed E-state index contributed by atoms with van der Waals surface area (Å²) in [5, 5.41) is 4.13. The van der Waals surface area contributed by atoms with Crippen LogP contribution in [0.1, 0.15) is 20.3 Å². The third kappa shape index (κ3) is 1.85. The number of nitrogens with one attached hydrogen (secondary N) is 2. The summed E-state index contributed by atoms with van der Waals surface area (Å²) < 4.78 is 0. The molecule has 4 amide bonds. The highest BCUT2D eigenvalue weighted by molar-refractivity contribution is 6.16. The Morgan fingerprint density at radius 2 is 1.69 bits per heavy atom. The minimum Gasteiger partial charge on any atom is -0.277 e. The van der Waals surface area contributed by atoms with Gasteiger partial charge in [-0.25, -0.2) is 4.79 Å². The number of amides is 4. The largest absolute Gasteiger partial charge is 0.328 e. The lowest BCUT2D eigenvalue weighted by atomic mass is 9.89. The summed E-state index contributed by atoms with van der Waals surface area (Å²) in [5.74, 6) is -1.78. The molecule has 2 N–H and O–H groups in total. The minimum atomic E-state index is -0.734. The van der Waals surface area contributed by atoms with E-state index in [-0.39, 0.29) is 5.92 Å². The van der Waals surface area contributed by atoms with Gasteiger partial charge in [-0.2, -0.15) is 0 Å². The van der Waals surface area contributed by atoms with E-state index in [9.17, 15) is 14.4 Å². The van der Waals surface area contributed by atoms with Gasteiger partial charge in [-0.1, -0.05) is 20.3 Å². The SMILES string of the molecule is CC[C@H](C)C1C(=O)NC(=O)NC1=O. The molecule has 1 saturated heterocycles. The van der Waals surface area contributed by atoms with E-state index in [4.69, 9.17) is 0 Å². The van der Waals surface area contributed by atoms with Gasteiger partial charge < -0.3 is 0 Å². The number of hydrogen-bond acceptors (Lipinski definition) is 3. The summed E-state index contributed by atoms with van der Waals surface area (Å²) in [6, 6.07) is -0.727. The predicted octanol–water partition coefficient (Wildman–Crippen LogP) is 0.0147. The van der Waals surface area contributed by atoms with Crippen LogP contribution in [0, 0.1) is 11.8 Å². The monoisotopic (exact) mass is 184 g/mol. The molecule has 1 fully saturated rings. The van der Waals surface area contributed by atoms with Crippen molar-refractivity contribution in [3.05, 3.63) is 0 Å². The Morgan fingerprint density at radius 3 is 2.08 bits per heavy atom. The molecule has 1 aliphatic rings. The Labute approximate surface area is 75.9 Å². The zero-order valence-corrected chi connectivity index (χ0v) is 7.59. The highest BCUT2D eigenvalue weighted by Gasteiger charge is 2.37. The molecule has 5 heteroatoms. The second-order valence-electron chi connectivity index (χ2n) is 3.17. The number of carbonyl (C=O) groups is 3. The summed E-state index contributed by atoms with van der Waals surface area (Å²) in [7, 11) is 0. The van der Waals surface area contributed by atoms with Crippen LogP contribution >= 0.6 is 0 Å². The summed E-state index contributed by atoms with van der Waals surface area (Å²) in [5.41, 5.74) is 0. The van der Waals surface area contributed by atoms with E-state index < -0.39 is 23.8 Å². The molecule has 13 heavy (non-hydrogen) atoms. The standard InChI is InChI=1S/C8H12N2O3/c1-3-4(2)5-6(11)9-8(13)10-7(5)12/h4-5H,3H2,1-2H3,(H2,9,10,11,12,13)/t4-/m0/s1. The molecule has 0 radical (unpaired) electrons. The van der Waals surface area contributed by atoms with Gasteiger partial charge in [0.15, 0.2) is 0 Å². The molecular formula is C8H12N2O3. The lowest BCUT2D eigenvalue weighted by Gasteiger charge is -2.24. The second kappa shape index (κ2) is 3.55. The van der Waals surface area contributed by atoms with Gasteiger partial charge in [0.25, 0.3) is 0 Å². The van der Waals surface area contributed by atoms with Crippen molar-refractivity contribution in [1.82, 2.24) is 10.6 Å². The number of carbonyl (C=O) groups excluding carboxylic acids is 3. The van der Waals surface area contributed by atoms with E-state index >= 15 is 0 Å². The smallest absolute Gasteiger partial charge is 0.277 e. The van der Waals surface area contributed by atoms with Crippen LogP contribution in [0.2, 0.25) is 0 Å². The van der Waals surface area contributed by atoms with Crippen LogP contribution in [0.15, 0.2) is 0 Å². The number of urea groups is 1. The van der Waals surface area contributed by atoms with E-state index in [2.05, 4.69) is 10.6 Å². The molecule has 0 aromatic heterocycles. The number of barbiturate groups is 1. The van der Waals surface area contributed by atoms with Gasteiger partial charge in [-0.3, -0.25) is 20.2 Å². The quantitative estimate of drug-likeness (QED) is 0.594. The number of hydrogen-bond donors (Lipinski definition) is 2. The molecule has 0 spiro atoms. The van der Waals surface area contributed by atoms with Crippen molar-refractivity contribution in [2.45, 2.75) is 20.3 Å². The first kappa shape index (κ1) is 9.70. The zero-order valence-electron chi connectivity index (χ0n) is 7.59. The van der Waals surface area contributed by atoms with E-state index in [0.717, 1.165) is 6.42 Å². The van der Waals surface area contributed by atoms with Crippen LogP contribution in [0.4, 0.5) is 4.79 Å². The van der Waals surface area contributed by atoms with Crippen molar-refractivity contribution >= 4 is 17.8 Å². The van der Waals surface area contributed by atoms with Crippen LogP contribution in [-0.4, -0.2) is 17.8 Å². The van der Waals surface area contributed by atoms with E-state index in [1.54, 1.807) is 6.92 Å². The first-order valence-corrected chi connectivity index (χ1v) is 4.22. The average Bonchev–Trinajstić information content (AvgIpc) is 2.02. The lowest BCUT2D eigenvalue weighted by molar-refractivity contribution is -0.137. The van der Waals surface area contributed by atoms with Gasteiger partial charge >= 0.3 is 6.03 Å². The van der Waals surface area contributed by atoms with Crippen molar-refractivity contribution in [3.8, 4) is 0 Å². The maximum atomic E-state index is 11.2. The summed E-state index contributed by atoms with van der Waals surface area (Å²) in [6.45, 7) is 3.70. The normalized spacial score (nSPS) is 20.9. The van der Waals surface area contributed by atoms with Gasteiger partial charge in [0.2, 0.25) is 11.8 Å². The molecule has 1 atom stereocenters. The highest BCUT2D eigenvalue weighted by Crippen LogP contribution is 2.17. The fourth-order valence-electron chi connectivity index (χ4n) is 1.28. The lowest BCUT2D eigenvalue weighted by Crippen LogP contribution is -2.57. The molecule has 0 aromatic carbocycles. The average molecular weight is 184 g/mol. The summed E-state index contributed by atoms with van der Waals surface area (Å²) in [6.07, 6.45) is 0.722. The molecule has 72 valence electrons. The molecule has 1 rings (SSSR count). The second-order valence-corrected chi connectivity index (χ2v) is 3.17. The van der Waals surface area contributed by atoms with Gasteiger partial charge in [0, 0.05) is 0 Å². The molecule has 0 aromatic rings. The Bertz CT molecular complexity index is 242. The third-order valence-electron chi connectivity index (χ3n) is 2.25. The third-order valence-corrected chi connectivity index (χ3v) is 2.25. The van der Waals surface area contributed by atoms with Crippen molar-refractivity contribution in [2.75, 3.05) is 0 Å². The van der Waals surface area contributed by atoms with Crippen molar-refractivity contribution in [1.29, 1.82) is 0 Å². The maximum Gasteiger partial charge on any atom is 0.328 e. The van der Waals surface area contributed by atoms with Crippen LogP contribution < -0.4 is 10.6 Å². The molecule has 5 nitrogen and oxygen atoms in total. The van der Waals surface area contributed by atoms with Crippen LogP contribution in [0.3, 0.4) is 0 Å². The maximum absolute atomic E-state index is 11.2. The van der Waals surface area contributed by atoms with E-state index in [1.807, 2.05) is 6.92 Å². The van der Waals surface area contributed by atoms with Gasteiger partial charge in [-0.05, 0) is 5.92 Å². The Hall–Kier alpha value is -1.39. The molecule has 0 aliphatic carbocycles. The zero-order chi connectivity index (χ0) is 10.0. The number of imide groups is 2. The first-order chi connectivity index (χ1) is 6.06. The summed E-state index contributed by atoms with van der Waals surface area (Å²) in [4.78, 5) is 33.1. The Kier molecular flexibility index (Phi) is 2.65.